The minimum Gasteiger partial charge on any atom is -0.478 e. The van der Waals surface area contributed by atoms with E-state index in [1.54, 1.807) is 12.1 Å². The molecule has 1 atom stereocenters. The fourth-order valence-electron chi connectivity index (χ4n) is 3.28. The van der Waals surface area contributed by atoms with Gasteiger partial charge in [0.05, 0.1) is 5.56 Å². The first-order chi connectivity index (χ1) is 10.7. The molecule has 2 nitrogen and oxygen atoms in total. The Morgan fingerprint density at radius 1 is 1.14 bits per heavy atom. The van der Waals surface area contributed by atoms with Gasteiger partial charge >= 0.3 is 5.97 Å². The molecule has 2 rings (SSSR count). The molecule has 0 fully saturated rings. The van der Waals surface area contributed by atoms with Gasteiger partial charge in [0.1, 0.15) is 0 Å². The van der Waals surface area contributed by atoms with Crippen LogP contribution >= 0.6 is 0 Å². The number of carbonyl (C=O) groups is 1. The fourth-order valence-corrected chi connectivity index (χ4v) is 3.28. The van der Waals surface area contributed by atoms with Crippen molar-refractivity contribution >= 4 is 11.5 Å². The quantitative estimate of drug-likeness (QED) is 0.604. The van der Waals surface area contributed by atoms with Crippen LogP contribution in [0.1, 0.15) is 80.6 Å². The minimum atomic E-state index is -0.854. The molecule has 0 spiro atoms. The Bertz CT molecular complexity index is 499. The van der Waals surface area contributed by atoms with Crippen molar-refractivity contribution in [2.24, 2.45) is 5.92 Å². The Labute approximate surface area is 134 Å². The second kappa shape index (κ2) is 8.77. The van der Waals surface area contributed by atoms with Gasteiger partial charge in [0.25, 0.3) is 0 Å². The first-order valence-corrected chi connectivity index (χ1v) is 8.73. The van der Waals surface area contributed by atoms with Gasteiger partial charge in [-0.25, -0.2) is 4.79 Å². The smallest absolute Gasteiger partial charge is 0.335 e. The van der Waals surface area contributed by atoms with Gasteiger partial charge in [-0.1, -0.05) is 63.7 Å². The topological polar surface area (TPSA) is 37.3 Å². The predicted molar refractivity (Wildman–Crippen MR) is 92.1 cm³/mol. The third-order valence-corrected chi connectivity index (χ3v) is 4.74. The zero-order chi connectivity index (χ0) is 15.8. The average Bonchev–Trinajstić information content (AvgIpc) is 2.55. The number of allylic oxidation sites excluding steroid dienone is 2. The lowest BCUT2D eigenvalue weighted by Crippen LogP contribution is -2.05. The molecule has 0 bridgehead atoms. The summed E-state index contributed by atoms with van der Waals surface area (Å²) in [4.78, 5) is 10.9. The highest BCUT2D eigenvalue weighted by molar-refractivity contribution is 5.88. The van der Waals surface area contributed by atoms with Crippen LogP contribution in [0.2, 0.25) is 0 Å². The Balaban J connectivity index is 1.79. The second-order valence-corrected chi connectivity index (χ2v) is 6.46. The summed E-state index contributed by atoms with van der Waals surface area (Å²) < 4.78 is 0. The Kier molecular flexibility index (Phi) is 6.70. The molecule has 22 heavy (non-hydrogen) atoms. The highest BCUT2D eigenvalue weighted by Crippen LogP contribution is 2.32. The molecule has 0 saturated heterocycles. The molecule has 1 aromatic rings. The van der Waals surface area contributed by atoms with Crippen LogP contribution in [0.25, 0.3) is 5.57 Å². The molecule has 2 heteroatoms. The van der Waals surface area contributed by atoms with Gasteiger partial charge in [-0.3, -0.25) is 0 Å². The zero-order valence-electron chi connectivity index (χ0n) is 13.7. The average molecular weight is 300 g/mol. The summed E-state index contributed by atoms with van der Waals surface area (Å²) >= 11 is 0. The molecular formula is C20H28O2. The molecule has 0 aromatic heterocycles. The highest BCUT2D eigenvalue weighted by Gasteiger charge is 2.15. The summed E-state index contributed by atoms with van der Waals surface area (Å²) in [6.07, 6.45) is 14.2. The largest absolute Gasteiger partial charge is 0.478 e. The van der Waals surface area contributed by atoms with Gasteiger partial charge < -0.3 is 5.11 Å². The number of benzene rings is 1. The molecule has 1 aromatic carbocycles. The standard InChI is InChI=1S/C20H28O2/c1-2-3-4-5-6-7-16-8-10-17(11-9-16)18-12-14-19(15-13-18)20(21)22/h10,12-16H,2-9,11H2,1H3,(H,21,22). The van der Waals surface area contributed by atoms with Gasteiger partial charge in [0, 0.05) is 0 Å². The van der Waals surface area contributed by atoms with E-state index in [0.717, 1.165) is 12.3 Å². The van der Waals surface area contributed by atoms with Crippen molar-refractivity contribution in [3.8, 4) is 0 Å². The maximum atomic E-state index is 10.9. The van der Waals surface area contributed by atoms with Crippen molar-refractivity contribution in [2.75, 3.05) is 0 Å². The lowest BCUT2D eigenvalue weighted by Gasteiger charge is -2.22. The molecule has 120 valence electrons. The van der Waals surface area contributed by atoms with Crippen molar-refractivity contribution in [3.05, 3.63) is 41.5 Å². The van der Waals surface area contributed by atoms with E-state index in [1.165, 1.54) is 62.5 Å². The normalized spacial score (nSPS) is 18.0. The molecule has 0 saturated carbocycles. The van der Waals surface area contributed by atoms with Gasteiger partial charge in [-0.15, -0.1) is 0 Å². The maximum absolute atomic E-state index is 10.9. The Morgan fingerprint density at radius 3 is 2.45 bits per heavy atom. The van der Waals surface area contributed by atoms with Crippen molar-refractivity contribution in [1.82, 2.24) is 0 Å². The van der Waals surface area contributed by atoms with E-state index >= 15 is 0 Å². The number of carboxylic acid groups (broad SMARTS) is 1. The number of carboxylic acids is 1. The third kappa shape index (κ3) is 5.01. The number of hydrogen-bond acceptors (Lipinski definition) is 1. The first-order valence-electron chi connectivity index (χ1n) is 8.73. The van der Waals surface area contributed by atoms with Crippen LogP contribution in [0.15, 0.2) is 30.3 Å². The molecule has 1 aliphatic carbocycles. The summed E-state index contributed by atoms with van der Waals surface area (Å²) in [7, 11) is 0. The molecule has 1 unspecified atom stereocenters. The second-order valence-electron chi connectivity index (χ2n) is 6.46. The summed E-state index contributed by atoms with van der Waals surface area (Å²) in [6, 6.07) is 7.30. The van der Waals surface area contributed by atoms with Gasteiger partial charge in [-0.05, 0) is 48.4 Å². The molecule has 0 radical (unpaired) electrons. The molecule has 1 aliphatic rings. The lowest BCUT2D eigenvalue weighted by molar-refractivity contribution is 0.0697. The molecule has 0 heterocycles. The number of rotatable bonds is 8. The monoisotopic (exact) mass is 300 g/mol. The summed E-state index contributed by atoms with van der Waals surface area (Å²) in [5, 5.41) is 8.94. The molecule has 0 amide bonds. The van der Waals surface area contributed by atoms with Crippen LogP contribution in [0.5, 0.6) is 0 Å². The summed E-state index contributed by atoms with van der Waals surface area (Å²) in [5.41, 5.74) is 2.94. The molecular weight excluding hydrogens is 272 g/mol. The van der Waals surface area contributed by atoms with Crippen molar-refractivity contribution in [3.63, 3.8) is 0 Å². The van der Waals surface area contributed by atoms with E-state index in [2.05, 4.69) is 13.0 Å². The molecule has 0 aliphatic heterocycles. The van der Waals surface area contributed by atoms with E-state index < -0.39 is 5.97 Å². The van der Waals surface area contributed by atoms with Crippen LogP contribution in [-0.4, -0.2) is 11.1 Å². The van der Waals surface area contributed by atoms with E-state index in [0.29, 0.717) is 5.56 Å². The number of aromatic carboxylic acids is 1. The first kappa shape index (κ1) is 16.8. The van der Waals surface area contributed by atoms with Crippen molar-refractivity contribution < 1.29 is 9.90 Å². The minimum absolute atomic E-state index is 0.366. The van der Waals surface area contributed by atoms with E-state index in [4.69, 9.17) is 5.11 Å². The summed E-state index contributed by atoms with van der Waals surface area (Å²) in [5.74, 6) is -0.00372. The van der Waals surface area contributed by atoms with Crippen LogP contribution in [0.4, 0.5) is 0 Å². The Hall–Kier alpha value is -1.57. The number of unbranched alkanes of at least 4 members (excludes halogenated alkanes) is 4. The highest BCUT2D eigenvalue weighted by atomic mass is 16.4. The molecule has 1 N–H and O–H groups in total. The third-order valence-electron chi connectivity index (χ3n) is 4.74. The van der Waals surface area contributed by atoms with E-state index in [1.807, 2.05) is 12.1 Å². The van der Waals surface area contributed by atoms with Crippen molar-refractivity contribution in [1.29, 1.82) is 0 Å². The maximum Gasteiger partial charge on any atom is 0.335 e. The van der Waals surface area contributed by atoms with Crippen molar-refractivity contribution in [2.45, 2.75) is 64.7 Å². The zero-order valence-corrected chi connectivity index (χ0v) is 13.7. The van der Waals surface area contributed by atoms with Gasteiger partial charge in [0.2, 0.25) is 0 Å². The van der Waals surface area contributed by atoms with Gasteiger partial charge in [0.15, 0.2) is 0 Å². The van der Waals surface area contributed by atoms with E-state index in [-0.39, 0.29) is 0 Å². The Morgan fingerprint density at radius 2 is 1.86 bits per heavy atom. The number of hydrogen-bond donors (Lipinski definition) is 1. The predicted octanol–water partition coefficient (Wildman–Crippen LogP) is 5.93. The van der Waals surface area contributed by atoms with Gasteiger partial charge in [-0.2, -0.15) is 0 Å². The van der Waals surface area contributed by atoms with Crippen LogP contribution in [-0.2, 0) is 0 Å². The fraction of sp³-hybridized carbons (Fsp3) is 0.550. The van der Waals surface area contributed by atoms with Crippen LogP contribution in [0.3, 0.4) is 0 Å². The summed E-state index contributed by atoms with van der Waals surface area (Å²) in [6.45, 7) is 2.26. The SMILES string of the molecule is CCCCCCCC1CC=C(c2ccc(C(=O)O)cc2)CC1. The van der Waals surface area contributed by atoms with Crippen LogP contribution < -0.4 is 0 Å². The lowest BCUT2D eigenvalue weighted by atomic mass is 9.83. The van der Waals surface area contributed by atoms with Crippen LogP contribution in [0, 0.1) is 5.92 Å². The van der Waals surface area contributed by atoms with E-state index in [9.17, 15) is 4.79 Å².